The Balaban J connectivity index is 0.000000232. The van der Waals surface area contributed by atoms with Gasteiger partial charge in [0, 0.05) is 78.5 Å². The molecular formula is C38H56ClN9O5. The van der Waals surface area contributed by atoms with Gasteiger partial charge in [-0.2, -0.15) is 0 Å². The predicted molar refractivity (Wildman–Crippen MR) is 208 cm³/mol. The number of amides is 2. The minimum atomic E-state index is -0.0550. The van der Waals surface area contributed by atoms with Gasteiger partial charge in [-0.15, -0.1) is 0 Å². The normalized spacial score (nSPS) is 14.7. The fraction of sp³-hybridized carbons (Fsp3) is 0.526. The van der Waals surface area contributed by atoms with Crippen LogP contribution in [0.5, 0.6) is 0 Å². The first-order chi connectivity index (χ1) is 25.7. The Hall–Kier alpha value is -4.21. The van der Waals surface area contributed by atoms with Gasteiger partial charge < -0.3 is 29.8 Å². The van der Waals surface area contributed by atoms with Gasteiger partial charge >= 0.3 is 0 Å². The van der Waals surface area contributed by atoms with Crippen LogP contribution in [0, 0.1) is 0 Å². The van der Waals surface area contributed by atoms with Crippen molar-refractivity contribution in [3.05, 3.63) is 76.8 Å². The molecule has 0 bridgehead atoms. The van der Waals surface area contributed by atoms with Gasteiger partial charge in [0.15, 0.2) is 6.29 Å². The van der Waals surface area contributed by atoms with Gasteiger partial charge in [0.05, 0.1) is 37.7 Å². The number of carbonyl (C=O) groups is 3. The summed E-state index contributed by atoms with van der Waals surface area (Å²) in [6.45, 7) is 18.7. The maximum Gasteiger partial charge on any atom is 0.236 e. The molecule has 3 aromatic rings. The Labute approximate surface area is 319 Å². The van der Waals surface area contributed by atoms with E-state index in [0.29, 0.717) is 35.3 Å². The highest BCUT2D eigenvalue weighted by Gasteiger charge is 2.23. The lowest BCUT2D eigenvalue weighted by molar-refractivity contribution is -0.132. The Morgan fingerprint density at radius 3 is 1.45 bits per heavy atom. The van der Waals surface area contributed by atoms with Crippen LogP contribution in [0.3, 0.4) is 0 Å². The Bertz CT molecular complexity index is 1540. The standard InChI is InChI=1S/C16H26N4O2.C16H24N4O2.C6H6ClNO/c2*1-3-19(4-2)16(22)12-18-8-10-20(11-9-18)15-7-5-6-14(13-21)17-15;7-6-3-1-2-5(4-9)8-6/h5-7,21H,3-4,8-13H2,1-2H3;5-7,13H,3-4,8-12H2,1-2H3;1-3,9H,4H2. The SMILES string of the molecule is CCN(CC)C(=O)CN1CCN(c2cccc(C=O)n2)CC1.CCN(CC)C(=O)CN1CCN(c2cccc(CO)n2)CC1.OCc1cccc(Cl)n1. The van der Waals surface area contributed by atoms with Crippen LogP contribution < -0.4 is 9.80 Å². The van der Waals surface area contributed by atoms with Gasteiger partial charge in [0.1, 0.15) is 22.5 Å². The summed E-state index contributed by atoms with van der Waals surface area (Å²) in [4.78, 5) is 60.1. The summed E-state index contributed by atoms with van der Waals surface area (Å²) >= 11 is 5.50. The molecule has 2 N–H and O–H groups in total. The van der Waals surface area contributed by atoms with Gasteiger partial charge in [-0.1, -0.05) is 29.8 Å². The number of anilines is 2. The van der Waals surface area contributed by atoms with Crippen LogP contribution in [0.25, 0.3) is 0 Å². The second-order valence-corrected chi connectivity index (χ2v) is 12.8. The molecule has 53 heavy (non-hydrogen) atoms. The molecule has 14 nitrogen and oxygen atoms in total. The zero-order chi connectivity index (χ0) is 38.6. The number of hydrogen-bond acceptors (Lipinski definition) is 12. The smallest absolute Gasteiger partial charge is 0.236 e. The van der Waals surface area contributed by atoms with E-state index in [1.807, 2.05) is 67.8 Å². The fourth-order valence-electron chi connectivity index (χ4n) is 5.96. The number of hydrogen-bond donors (Lipinski definition) is 2. The second kappa shape index (κ2) is 23.5. The van der Waals surface area contributed by atoms with E-state index >= 15 is 0 Å². The molecule has 5 rings (SSSR count). The number of aliphatic hydroxyl groups is 2. The molecule has 2 fully saturated rings. The van der Waals surface area contributed by atoms with Gasteiger partial charge in [-0.3, -0.25) is 24.2 Å². The number of piperazine rings is 2. The van der Waals surface area contributed by atoms with E-state index in [4.69, 9.17) is 21.8 Å². The quantitative estimate of drug-likeness (QED) is 0.195. The number of nitrogens with zero attached hydrogens (tertiary/aromatic N) is 9. The summed E-state index contributed by atoms with van der Waals surface area (Å²) in [6.07, 6.45) is 0.766. The molecule has 2 aliphatic rings. The summed E-state index contributed by atoms with van der Waals surface area (Å²) in [5.41, 5.74) is 1.75. The number of aldehydes is 1. The molecule has 2 saturated heterocycles. The molecule has 3 aromatic heterocycles. The zero-order valence-corrected chi connectivity index (χ0v) is 32.4. The van der Waals surface area contributed by atoms with E-state index in [2.05, 4.69) is 34.6 Å². The molecule has 2 amide bonds. The molecule has 0 radical (unpaired) electrons. The molecule has 15 heteroatoms. The van der Waals surface area contributed by atoms with Gasteiger partial charge in [0.25, 0.3) is 0 Å². The van der Waals surface area contributed by atoms with Gasteiger partial charge in [-0.05, 0) is 64.1 Å². The van der Waals surface area contributed by atoms with E-state index in [-0.39, 0.29) is 25.0 Å². The summed E-state index contributed by atoms with van der Waals surface area (Å²) < 4.78 is 0. The molecule has 0 atom stereocenters. The number of likely N-dealkylation sites (N-methyl/N-ethyl adjacent to an activating group) is 2. The molecule has 0 saturated carbocycles. The van der Waals surface area contributed by atoms with Crippen LogP contribution in [-0.4, -0.2) is 154 Å². The Kier molecular flexibility index (Phi) is 19.1. The summed E-state index contributed by atoms with van der Waals surface area (Å²) in [6, 6.07) is 16.3. The molecule has 5 heterocycles. The lowest BCUT2D eigenvalue weighted by atomic mass is 10.2. The third-order valence-electron chi connectivity index (χ3n) is 9.11. The summed E-state index contributed by atoms with van der Waals surface area (Å²) in [5.74, 6) is 2.14. The predicted octanol–water partition coefficient (Wildman–Crippen LogP) is 2.68. The highest BCUT2D eigenvalue weighted by atomic mass is 35.5. The van der Waals surface area contributed by atoms with E-state index in [1.165, 1.54) is 0 Å². The average molecular weight is 754 g/mol. The molecular weight excluding hydrogens is 698 g/mol. The second-order valence-electron chi connectivity index (χ2n) is 12.5. The monoisotopic (exact) mass is 753 g/mol. The average Bonchev–Trinajstić information content (AvgIpc) is 3.20. The van der Waals surface area contributed by atoms with Crippen molar-refractivity contribution in [1.82, 2.24) is 34.6 Å². The van der Waals surface area contributed by atoms with Gasteiger partial charge in [-0.25, -0.2) is 15.0 Å². The molecule has 2 aliphatic heterocycles. The third kappa shape index (κ3) is 14.3. The number of pyridine rings is 3. The van der Waals surface area contributed by atoms with Crippen LogP contribution in [0.2, 0.25) is 5.15 Å². The lowest BCUT2D eigenvalue weighted by Crippen LogP contribution is -2.50. The largest absolute Gasteiger partial charge is 0.390 e. The highest BCUT2D eigenvalue weighted by Crippen LogP contribution is 2.16. The summed E-state index contributed by atoms with van der Waals surface area (Å²) in [5, 5.41) is 18.1. The number of halogens is 1. The van der Waals surface area contributed by atoms with E-state index in [1.54, 1.807) is 24.3 Å². The minimum absolute atomic E-state index is 0.0355. The third-order valence-corrected chi connectivity index (χ3v) is 9.32. The number of aromatic nitrogens is 3. The Morgan fingerprint density at radius 2 is 1.06 bits per heavy atom. The van der Waals surface area contributed by atoms with Crippen molar-refractivity contribution in [2.24, 2.45) is 0 Å². The maximum absolute atomic E-state index is 12.1. The van der Waals surface area contributed by atoms with Crippen molar-refractivity contribution in [3.8, 4) is 0 Å². The molecule has 0 unspecified atom stereocenters. The van der Waals surface area contributed by atoms with Crippen LogP contribution in [0.4, 0.5) is 11.6 Å². The maximum atomic E-state index is 12.1. The first-order valence-corrected chi connectivity index (χ1v) is 18.8. The van der Waals surface area contributed by atoms with E-state index in [0.717, 1.165) is 96.5 Å². The van der Waals surface area contributed by atoms with Crippen LogP contribution in [0.1, 0.15) is 49.6 Å². The van der Waals surface area contributed by atoms with Crippen LogP contribution >= 0.6 is 11.6 Å². The van der Waals surface area contributed by atoms with Crippen molar-refractivity contribution in [2.75, 3.05) is 101 Å². The minimum Gasteiger partial charge on any atom is -0.390 e. The van der Waals surface area contributed by atoms with E-state index in [9.17, 15) is 14.4 Å². The molecule has 0 aliphatic carbocycles. The van der Waals surface area contributed by atoms with Crippen molar-refractivity contribution in [2.45, 2.75) is 40.9 Å². The van der Waals surface area contributed by atoms with Crippen molar-refractivity contribution < 1.29 is 24.6 Å². The van der Waals surface area contributed by atoms with E-state index < -0.39 is 0 Å². The summed E-state index contributed by atoms with van der Waals surface area (Å²) in [7, 11) is 0. The first kappa shape index (κ1) is 43.2. The number of aliphatic hydroxyl groups excluding tert-OH is 2. The van der Waals surface area contributed by atoms with Crippen molar-refractivity contribution >= 4 is 41.3 Å². The zero-order valence-electron chi connectivity index (χ0n) is 31.6. The lowest BCUT2D eigenvalue weighted by Gasteiger charge is -2.36. The van der Waals surface area contributed by atoms with Gasteiger partial charge in [0.2, 0.25) is 11.8 Å². The number of rotatable bonds is 13. The topological polar surface area (TPSA) is 150 Å². The first-order valence-electron chi connectivity index (χ1n) is 18.4. The van der Waals surface area contributed by atoms with Crippen molar-refractivity contribution in [1.29, 1.82) is 0 Å². The molecule has 0 aromatic carbocycles. The van der Waals surface area contributed by atoms with Crippen LogP contribution in [0.15, 0.2) is 54.6 Å². The number of carbonyl (C=O) groups excluding carboxylic acids is 3. The highest BCUT2D eigenvalue weighted by molar-refractivity contribution is 6.29. The van der Waals surface area contributed by atoms with Crippen molar-refractivity contribution in [3.63, 3.8) is 0 Å². The molecule has 0 spiro atoms. The fourth-order valence-corrected chi connectivity index (χ4v) is 6.14. The van der Waals surface area contributed by atoms with Crippen LogP contribution in [-0.2, 0) is 22.8 Å². The molecule has 290 valence electrons. The Morgan fingerprint density at radius 1 is 0.642 bits per heavy atom.